The standard InChI is InChI=1S/C12H14N2O.ClH/c13-8-5-10-1-3-11(4-2-10)15-9-12(14)6-7-12;/h1-4H,5-7,9,14H2;1H. The summed E-state index contributed by atoms with van der Waals surface area (Å²) in [7, 11) is 0. The highest BCUT2D eigenvalue weighted by molar-refractivity contribution is 5.85. The van der Waals surface area contributed by atoms with Crippen LogP contribution in [-0.2, 0) is 6.42 Å². The monoisotopic (exact) mass is 238 g/mol. The summed E-state index contributed by atoms with van der Waals surface area (Å²) in [4.78, 5) is 0. The zero-order valence-corrected chi connectivity index (χ0v) is 9.80. The first kappa shape index (κ1) is 12.8. The van der Waals surface area contributed by atoms with Crippen LogP contribution in [0.2, 0.25) is 0 Å². The fourth-order valence-electron chi connectivity index (χ4n) is 1.33. The van der Waals surface area contributed by atoms with Crippen LogP contribution in [0.1, 0.15) is 18.4 Å². The lowest BCUT2D eigenvalue weighted by atomic mass is 10.2. The molecule has 0 unspecified atom stereocenters. The van der Waals surface area contributed by atoms with Crippen LogP contribution in [0.15, 0.2) is 24.3 Å². The van der Waals surface area contributed by atoms with E-state index in [1.807, 2.05) is 24.3 Å². The van der Waals surface area contributed by atoms with Crippen molar-refractivity contribution in [2.75, 3.05) is 6.61 Å². The van der Waals surface area contributed by atoms with Crippen LogP contribution in [0.4, 0.5) is 0 Å². The van der Waals surface area contributed by atoms with Crippen LogP contribution in [0.25, 0.3) is 0 Å². The van der Waals surface area contributed by atoms with Crippen molar-refractivity contribution in [1.29, 1.82) is 5.26 Å². The number of ether oxygens (including phenoxy) is 1. The maximum absolute atomic E-state index is 8.51. The van der Waals surface area contributed by atoms with Gasteiger partial charge in [0.2, 0.25) is 0 Å². The summed E-state index contributed by atoms with van der Waals surface area (Å²) >= 11 is 0. The third-order valence-electron chi connectivity index (χ3n) is 2.63. The molecule has 0 bridgehead atoms. The van der Waals surface area contributed by atoms with Gasteiger partial charge in [-0.2, -0.15) is 5.26 Å². The second kappa shape index (κ2) is 5.20. The van der Waals surface area contributed by atoms with Gasteiger partial charge in [0.15, 0.2) is 0 Å². The van der Waals surface area contributed by atoms with E-state index in [2.05, 4.69) is 6.07 Å². The molecule has 86 valence electrons. The van der Waals surface area contributed by atoms with Gasteiger partial charge in [-0.05, 0) is 30.5 Å². The Bertz CT molecular complexity index is 379. The highest BCUT2D eigenvalue weighted by Crippen LogP contribution is 2.32. The van der Waals surface area contributed by atoms with E-state index in [1.54, 1.807) is 0 Å². The Hall–Kier alpha value is -1.24. The molecule has 0 saturated heterocycles. The first-order chi connectivity index (χ1) is 7.22. The fraction of sp³-hybridized carbons (Fsp3) is 0.417. The van der Waals surface area contributed by atoms with Crippen molar-refractivity contribution < 1.29 is 4.74 Å². The van der Waals surface area contributed by atoms with Gasteiger partial charge < -0.3 is 10.5 Å². The number of nitrogens with zero attached hydrogens (tertiary/aromatic N) is 1. The number of nitrogens with two attached hydrogens (primary N) is 1. The molecule has 4 heteroatoms. The maximum Gasteiger partial charge on any atom is 0.119 e. The van der Waals surface area contributed by atoms with Crippen molar-refractivity contribution >= 4 is 12.4 Å². The van der Waals surface area contributed by atoms with Gasteiger partial charge in [0.25, 0.3) is 0 Å². The van der Waals surface area contributed by atoms with Gasteiger partial charge >= 0.3 is 0 Å². The van der Waals surface area contributed by atoms with Crippen LogP contribution in [-0.4, -0.2) is 12.1 Å². The van der Waals surface area contributed by atoms with Gasteiger partial charge in [-0.15, -0.1) is 12.4 Å². The molecule has 0 amide bonds. The number of hydrogen-bond acceptors (Lipinski definition) is 3. The van der Waals surface area contributed by atoms with Gasteiger partial charge in [0.05, 0.1) is 18.0 Å². The highest BCUT2D eigenvalue weighted by Gasteiger charge is 2.39. The smallest absolute Gasteiger partial charge is 0.119 e. The zero-order chi connectivity index (χ0) is 10.7. The van der Waals surface area contributed by atoms with Crippen molar-refractivity contribution in [3.05, 3.63) is 29.8 Å². The van der Waals surface area contributed by atoms with Crippen molar-refractivity contribution in [1.82, 2.24) is 0 Å². The number of nitriles is 1. The summed E-state index contributed by atoms with van der Waals surface area (Å²) in [6.07, 6.45) is 2.56. The predicted molar refractivity (Wildman–Crippen MR) is 64.7 cm³/mol. The van der Waals surface area contributed by atoms with Crippen LogP contribution in [0, 0.1) is 11.3 Å². The third kappa shape index (κ3) is 3.41. The quantitative estimate of drug-likeness (QED) is 0.873. The molecule has 1 fully saturated rings. The van der Waals surface area contributed by atoms with Gasteiger partial charge in [0, 0.05) is 0 Å². The average molecular weight is 239 g/mol. The molecule has 1 aliphatic rings. The van der Waals surface area contributed by atoms with E-state index in [9.17, 15) is 0 Å². The molecule has 0 spiro atoms. The van der Waals surface area contributed by atoms with Crippen LogP contribution in [0.3, 0.4) is 0 Å². The second-order valence-electron chi connectivity index (χ2n) is 4.13. The largest absolute Gasteiger partial charge is 0.492 e. The van der Waals surface area contributed by atoms with E-state index in [4.69, 9.17) is 15.7 Å². The minimum atomic E-state index is -0.0781. The van der Waals surface area contributed by atoms with Gasteiger partial charge in [0.1, 0.15) is 12.4 Å². The zero-order valence-electron chi connectivity index (χ0n) is 8.98. The predicted octanol–water partition coefficient (Wildman–Crippen LogP) is 2.04. The Balaban J connectivity index is 0.00000128. The van der Waals surface area contributed by atoms with E-state index in [-0.39, 0.29) is 17.9 Å². The summed E-state index contributed by atoms with van der Waals surface area (Å²) in [6, 6.07) is 9.71. The summed E-state index contributed by atoms with van der Waals surface area (Å²) in [6.45, 7) is 0.588. The summed E-state index contributed by atoms with van der Waals surface area (Å²) in [5.74, 6) is 0.827. The highest BCUT2D eigenvalue weighted by atomic mass is 35.5. The van der Waals surface area contributed by atoms with Crippen molar-refractivity contribution in [3.63, 3.8) is 0 Å². The molecular weight excluding hydrogens is 224 g/mol. The molecule has 3 nitrogen and oxygen atoms in total. The minimum Gasteiger partial charge on any atom is -0.492 e. The molecule has 0 aliphatic heterocycles. The Labute approximate surface area is 102 Å². The molecule has 1 aromatic rings. The average Bonchev–Trinajstić information content (AvgIpc) is 2.97. The Morgan fingerprint density at radius 2 is 1.94 bits per heavy atom. The molecule has 0 radical (unpaired) electrons. The number of hydrogen-bond donors (Lipinski definition) is 1. The van der Waals surface area contributed by atoms with Crippen molar-refractivity contribution in [2.24, 2.45) is 5.73 Å². The normalized spacial score (nSPS) is 15.8. The molecule has 0 heterocycles. The number of rotatable bonds is 4. The lowest BCUT2D eigenvalue weighted by molar-refractivity contribution is 0.279. The van der Waals surface area contributed by atoms with E-state index in [0.717, 1.165) is 24.2 Å². The lowest BCUT2D eigenvalue weighted by Gasteiger charge is -2.10. The van der Waals surface area contributed by atoms with E-state index < -0.39 is 0 Å². The van der Waals surface area contributed by atoms with Crippen LogP contribution >= 0.6 is 12.4 Å². The first-order valence-electron chi connectivity index (χ1n) is 5.09. The molecule has 2 rings (SSSR count). The minimum absolute atomic E-state index is 0. The summed E-state index contributed by atoms with van der Waals surface area (Å²) < 4.78 is 5.56. The number of halogens is 1. The number of benzene rings is 1. The van der Waals surface area contributed by atoms with Crippen molar-refractivity contribution in [3.8, 4) is 11.8 Å². The molecular formula is C12H15ClN2O. The maximum atomic E-state index is 8.51. The van der Waals surface area contributed by atoms with Crippen LogP contribution < -0.4 is 10.5 Å². The second-order valence-corrected chi connectivity index (χ2v) is 4.13. The Morgan fingerprint density at radius 3 is 2.44 bits per heavy atom. The van der Waals surface area contributed by atoms with E-state index in [1.165, 1.54) is 0 Å². The van der Waals surface area contributed by atoms with Crippen LogP contribution in [0.5, 0.6) is 5.75 Å². The fourth-order valence-corrected chi connectivity index (χ4v) is 1.33. The first-order valence-corrected chi connectivity index (χ1v) is 5.09. The summed E-state index contributed by atoms with van der Waals surface area (Å²) in [5, 5.41) is 8.51. The lowest BCUT2D eigenvalue weighted by Crippen LogP contribution is -2.29. The topological polar surface area (TPSA) is 59.0 Å². The van der Waals surface area contributed by atoms with E-state index >= 15 is 0 Å². The molecule has 1 aliphatic carbocycles. The SMILES string of the molecule is Cl.N#CCc1ccc(OCC2(N)CC2)cc1. The molecule has 1 saturated carbocycles. The molecule has 0 atom stereocenters. The van der Waals surface area contributed by atoms with Gasteiger partial charge in [-0.3, -0.25) is 0 Å². The molecule has 16 heavy (non-hydrogen) atoms. The Kier molecular flexibility index (Phi) is 4.17. The van der Waals surface area contributed by atoms with Crippen molar-refractivity contribution in [2.45, 2.75) is 24.8 Å². The molecule has 1 aromatic carbocycles. The molecule has 0 aromatic heterocycles. The molecule has 2 N–H and O–H groups in total. The third-order valence-corrected chi connectivity index (χ3v) is 2.63. The van der Waals surface area contributed by atoms with E-state index in [0.29, 0.717) is 13.0 Å². The van der Waals surface area contributed by atoms with Gasteiger partial charge in [-0.25, -0.2) is 0 Å². The Morgan fingerprint density at radius 1 is 1.31 bits per heavy atom. The van der Waals surface area contributed by atoms with Gasteiger partial charge in [-0.1, -0.05) is 12.1 Å². The summed E-state index contributed by atoms with van der Waals surface area (Å²) in [5.41, 5.74) is 6.84.